The summed E-state index contributed by atoms with van der Waals surface area (Å²) in [6, 6.07) is 0.676. The molecule has 2 fully saturated rings. The summed E-state index contributed by atoms with van der Waals surface area (Å²) < 4.78 is 0. The molecule has 2 saturated carbocycles. The van der Waals surface area contributed by atoms with Gasteiger partial charge in [-0.25, -0.2) is 0 Å². The molecule has 2 unspecified atom stereocenters. The van der Waals surface area contributed by atoms with E-state index in [2.05, 4.69) is 12.2 Å². The summed E-state index contributed by atoms with van der Waals surface area (Å²) in [5.41, 5.74) is 6.00. The first-order valence-corrected chi connectivity index (χ1v) is 7.20. The molecule has 0 heterocycles. The van der Waals surface area contributed by atoms with Crippen LogP contribution in [0.2, 0.25) is 0 Å². The van der Waals surface area contributed by atoms with Gasteiger partial charge in [-0.2, -0.15) is 0 Å². The van der Waals surface area contributed by atoms with Crippen LogP contribution in [-0.2, 0) is 4.79 Å². The Morgan fingerprint density at radius 1 is 1.22 bits per heavy atom. The average molecular weight is 275 g/mol. The summed E-state index contributed by atoms with van der Waals surface area (Å²) in [4.78, 5) is 12.0. The van der Waals surface area contributed by atoms with Crippen molar-refractivity contribution in [1.82, 2.24) is 5.32 Å². The average Bonchev–Trinajstić information content (AvgIpc) is 2.64. The minimum Gasteiger partial charge on any atom is -0.353 e. The molecule has 106 valence electrons. The summed E-state index contributed by atoms with van der Waals surface area (Å²) in [6.07, 6.45) is 8.96. The van der Waals surface area contributed by atoms with Crippen LogP contribution < -0.4 is 11.1 Å². The highest BCUT2D eigenvalue weighted by atomic mass is 35.5. The Hall–Kier alpha value is -0.280. The molecule has 2 rings (SSSR count). The monoisotopic (exact) mass is 274 g/mol. The quantitative estimate of drug-likeness (QED) is 0.831. The van der Waals surface area contributed by atoms with Crippen molar-refractivity contribution in [2.75, 3.05) is 0 Å². The van der Waals surface area contributed by atoms with Crippen LogP contribution in [0, 0.1) is 11.8 Å². The minimum absolute atomic E-state index is 0. The lowest BCUT2D eigenvalue weighted by Crippen LogP contribution is -2.40. The lowest BCUT2D eigenvalue weighted by atomic mass is 9.87. The molecule has 0 aromatic carbocycles. The van der Waals surface area contributed by atoms with E-state index in [-0.39, 0.29) is 24.4 Å². The number of hydrogen-bond donors (Lipinski definition) is 2. The molecule has 0 radical (unpaired) electrons. The summed E-state index contributed by atoms with van der Waals surface area (Å²) in [5.74, 6) is 1.42. The summed E-state index contributed by atoms with van der Waals surface area (Å²) in [6.45, 7) is 2.28. The SMILES string of the molecule is CC1CCCC(NC(=O)C[C@@H]2CCC[C@H]2N)C1.Cl. The van der Waals surface area contributed by atoms with Crippen LogP contribution in [0.5, 0.6) is 0 Å². The number of carbonyl (C=O) groups is 1. The Morgan fingerprint density at radius 2 is 1.94 bits per heavy atom. The van der Waals surface area contributed by atoms with Crippen molar-refractivity contribution >= 4 is 18.3 Å². The van der Waals surface area contributed by atoms with Crippen LogP contribution in [-0.4, -0.2) is 18.0 Å². The standard InChI is InChI=1S/C14H26N2O.ClH/c1-10-4-2-6-12(8-10)16-14(17)9-11-5-3-7-13(11)15;/h10-13H,2-9,15H2,1H3,(H,16,17);1H/t10?,11-,12?,13+;/m0./s1. The number of nitrogens with one attached hydrogen (secondary N) is 1. The highest BCUT2D eigenvalue weighted by molar-refractivity contribution is 5.85. The fourth-order valence-electron chi connectivity index (χ4n) is 3.41. The second kappa shape index (κ2) is 7.34. The van der Waals surface area contributed by atoms with Crippen LogP contribution in [0.3, 0.4) is 0 Å². The van der Waals surface area contributed by atoms with Crippen molar-refractivity contribution in [3.63, 3.8) is 0 Å². The van der Waals surface area contributed by atoms with Gasteiger partial charge in [-0.15, -0.1) is 12.4 Å². The van der Waals surface area contributed by atoms with E-state index in [1.54, 1.807) is 0 Å². The Bertz CT molecular complexity index is 273. The number of rotatable bonds is 3. The zero-order chi connectivity index (χ0) is 12.3. The molecule has 1 amide bonds. The highest BCUT2D eigenvalue weighted by Gasteiger charge is 2.27. The van der Waals surface area contributed by atoms with E-state index in [0.29, 0.717) is 18.4 Å². The van der Waals surface area contributed by atoms with Crippen LogP contribution in [0.15, 0.2) is 0 Å². The Labute approximate surface area is 117 Å². The van der Waals surface area contributed by atoms with Crippen molar-refractivity contribution in [1.29, 1.82) is 0 Å². The number of amides is 1. The van der Waals surface area contributed by atoms with E-state index >= 15 is 0 Å². The molecule has 2 aliphatic rings. The molecular weight excluding hydrogens is 248 g/mol. The first-order valence-electron chi connectivity index (χ1n) is 7.20. The number of nitrogens with two attached hydrogens (primary N) is 1. The molecule has 3 N–H and O–H groups in total. The molecular formula is C14H27ClN2O. The minimum atomic E-state index is 0. The molecule has 0 aromatic heterocycles. The molecule has 4 atom stereocenters. The van der Waals surface area contributed by atoms with Gasteiger partial charge in [-0.3, -0.25) is 4.79 Å². The van der Waals surface area contributed by atoms with Crippen LogP contribution in [0.1, 0.15) is 58.3 Å². The van der Waals surface area contributed by atoms with E-state index < -0.39 is 0 Å². The molecule has 0 bridgehead atoms. The zero-order valence-electron chi connectivity index (χ0n) is 11.4. The van der Waals surface area contributed by atoms with Gasteiger partial charge >= 0.3 is 0 Å². The Balaban J connectivity index is 0.00000162. The van der Waals surface area contributed by atoms with Crippen LogP contribution in [0.4, 0.5) is 0 Å². The second-order valence-electron chi connectivity index (χ2n) is 6.10. The maximum atomic E-state index is 12.0. The molecule has 0 spiro atoms. The maximum Gasteiger partial charge on any atom is 0.220 e. The van der Waals surface area contributed by atoms with Gasteiger partial charge in [0, 0.05) is 18.5 Å². The van der Waals surface area contributed by atoms with Crippen molar-refractivity contribution in [3.8, 4) is 0 Å². The Kier molecular flexibility index (Phi) is 6.44. The van der Waals surface area contributed by atoms with Crippen LogP contribution in [0.25, 0.3) is 0 Å². The molecule has 0 aromatic rings. The van der Waals surface area contributed by atoms with Gasteiger partial charge < -0.3 is 11.1 Å². The third kappa shape index (κ3) is 4.43. The fraction of sp³-hybridized carbons (Fsp3) is 0.929. The molecule has 0 aliphatic heterocycles. The topological polar surface area (TPSA) is 55.1 Å². The third-order valence-electron chi connectivity index (χ3n) is 4.47. The summed E-state index contributed by atoms with van der Waals surface area (Å²) in [5, 5.41) is 3.20. The zero-order valence-corrected chi connectivity index (χ0v) is 12.2. The van der Waals surface area contributed by atoms with Gasteiger partial charge in [0.25, 0.3) is 0 Å². The number of carbonyl (C=O) groups excluding carboxylic acids is 1. The fourth-order valence-corrected chi connectivity index (χ4v) is 3.41. The normalized spacial score (nSPS) is 35.9. The molecule has 18 heavy (non-hydrogen) atoms. The Morgan fingerprint density at radius 3 is 2.56 bits per heavy atom. The van der Waals surface area contributed by atoms with E-state index in [1.807, 2.05) is 0 Å². The van der Waals surface area contributed by atoms with Crippen molar-refractivity contribution in [2.45, 2.75) is 70.4 Å². The van der Waals surface area contributed by atoms with Gasteiger partial charge in [0.05, 0.1) is 0 Å². The van der Waals surface area contributed by atoms with Crippen LogP contribution >= 0.6 is 12.4 Å². The third-order valence-corrected chi connectivity index (χ3v) is 4.47. The van der Waals surface area contributed by atoms with Gasteiger partial charge in [0.1, 0.15) is 0 Å². The summed E-state index contributed by atoms with van der Waals surface area (Å²) >= 11 is 0. The lowest BCUT2D eigenvalue weighted by Gasteiger charge is -2.28. The number of hydrogen-bond acceptors (Lipinski definition) is 2. The smallest absolute Gasteiger partial charge is 0.220 e. The molecule has 3 nitrogen and oxygen atoms in total. The first kappa shape index (κ1) is 15.8. The highest BCUT2D eigenvalue weighted by Crippen LogP contribution is 2.27. The molecule has 4 heteroatoms. The lowest BCUT2D eigenvalue weighted by molar-refractivity contribution is -0.123. The molecule has 2 aliphatic carbocycles. The van der Waals surface area contributed by atoms with E-state index in [9.17, 15) is 4.79 Å². The van der Waals surface area contributed by atoms with Crippen molar-refractivity contribution in [3.05, 3.63) is 0 Å². The maximum absolute atomic E-state index is 12.0. The van der Waals surface area contributed by atoms with Crippen molar-refractivity contribution in [2.24, 2.45) is 17.6 Å². The van der Waals surface area contributed by atoms with E-state index in [4.69, 9.17) is 5.73 Å². The largest absolute Gasteiger partial charge is 0.353 e. The van der Waals surface area contributed by atoms with Gasteiger partial charge in [0.2, 0.25) is 5.91 Å². The van der Waals surface area contributed by atoms with Gasteiger partial charge in [-0.05, 0) is 37.5 Å². The van der Waals surface area contributed by atoms with Crippen molar-refractivity contribution < 1.29 is 4.79 Å². The second-order valence-corrected chi connectivity index (χ2v) is 6.10. The predicted molar refractivity (Wildman–Crippen MR) is 76.7 cm³/mol. The summed E-state index contributed by atoms with van der Waals surface area (Å²) in [7, 11) is 0. The van der Waals surface area contributed by atoms with E-state index in [0.717, 1.165) is 31.6 Å². The van der Waals surface area contributed by atoms with E-state index in [1.165, 1.54) is 19.3 Å². The van der Waals surface area contributed by atoms with Gasteiger partial charge in [-0.1, -0.05) is 26.2 Å². The predicted octanol–water partition coefficient (Wildman–Crippen LogP) is 2.62. The van der Waals surface area contributed by atoms with Gasteiger partial charge in [0.15, 0.2) is 0 Å². The molecule has 0 saturated heterocycles. The number of halogens is 1. The first-order chi connectivity index (χ1) is 8.15.